The van der Waals surface area contributed by atoms with Crippen molar-refractivity contribution in [2.45, 2.75) is 9.79 Å². The van der Waals surface area contributed by atoms with Crippen LogP contribution >= 0.6 is 23.5 Å². The van der Waals surface area contributed by atoms with Crippen molar-refractivity contribution in [2.75, 3.05) is 14.2 Å². The fraction of sp³-hybridized carbons (Fsp3) is 0.0909. The molecule has 0 N–H and O–H groups in total. The minimum atomic E-state index is -0.283. The van der Waals surface area contributed by atoms with Gasteiger partial charge in [0.05, 0.1) is 28.2 Å². The highest BCUT2D eigenvalue weighted by Crippen LogP contribution is 2.58. The number of methoxy groups -OCH3 is 2. The number of thioether (sulfide) groups is 2. The Balaban J connectivity index is 1.76. The van der Waals surface area contributed by atoms with Crippen molar-refractivity contribution < 1.29 is 14.3 Å². The monoisotopic (exact) mass is 405 g/mol. The molecule has 1 aliphatic heterocycles. The molecule has 0 aromatic heterocycles. The van der Waals surface area contributed by atoms with E-state index in [0.717, 1.165) is 20.6 Å². The summed E-state index contributed by atoms with van der Waals surface area (Å²) in [6, 6.07) is 19.1. The zero-order valence-electron chi connectivity index (χ0n) is 15.2. The lowest BCUT2D eigenvalue weighted by Gasteiger charge is -2.08. The smallest absolute Gasteiger partial charge is 0.205 e. The summed E-state index contributed by atoms with van der Waals surface area (Å²) in [6.45, 7) is 0. The second kappa shape index (κ2) is 7.63. The van der Waals surface area contributed by atoms with Gasteiger partial charge in [-0.25, -0.2) is 0 Å². The van der Waals surface area contributed by atoms with E-state index in [-0.39, 0.29) is 11.4 Å². The molecule has 0 aliphatic carbocycles. The van der Waals surface area contributed by atoms with E-state index in [2.05, 4.69) is 6.07 Å². The van der Waals surface area contributed by atoms with E-state index < -0.39 is 0 Å². The fourth-order valence-corrected chi connectivity index (χ4v) is 5.67. The lowest BCUT2D eigenvalue weighted by molar-refractivity contribution is 0.103. The van der Waals surface area contributed by atoms with Crippen LogP contribution in [0, 0.1) is 11.3 Å². The minimum absolute atomic E-state index is 0.130. The molecule has 4 rings (SSSR count). The summed E-state index contributed by atoms with van der Waals surface area (Å²) in [4.78, 5) is 14.8. The number of carbonyl (C=O) groups excluding carboxylic acids is 1. The Hall–Kier alpha value is -2.88. The number of ether oxygens (including phenoxy) is 2. The second-order valence-electron chi connectivity index (χ2n) is 6.00. The first kappa shape index (κ1) is 18.5. The number of Topliss-reactive ketones (excluding diaryl/α,β-unsaturated/α-hetero) is 1. The fourth-order valence-electron chi connectivity index (χ4n) is 3.01. The van der Waals surface area contributed by atoms with E-state index in [9.17, 15) is 10.1 Å². The molecule has 1 aliphatic rings. The number of hydrogen-bond acceptors (Lipinski definition) is 6. The van der Waals surface area contributed by atoms with Crippen LogP contribution in [0.25, 0.3) is 10.8 Å². The molecule has 28 heavy (non-hydrogen) atoms. The summed E-state index contributed by atoms with van der Waals surface area (Å²) < 4.78 is 11.5. The number of ketones is 1. The quantitative estimate of drug-likeness (QED) is 0.316. The average molecular weight is 406 g/mol. The first-order chi connectivity index (χ1) is 13.7. The largest absolute Gasteiger partial charge is 0.496 e. The van der Waals surface area contributed by atoms with E-state index >= 15 is 0 Å². The molecule has 0 atom stereocenters. The molecular weight excluding hydrogens is 390 g/mol. The van der Waals surface area contributed by atoms with Crippen LogP contribution in [0.2, 0.25) is 0 Å². The van der Waals surface area contributed by atoms with Crippen LogP contribution in [-0.4, -0.2) is 20.0 Å². The number of carbonyl (C=O) groups is 1. The number of allylic oxidation sites excluding steroid dienone is 1. The Morgan fingerprint density at radius 3 is 2.07 bits per heavy atom. The molecule has 0 amide bonds. The number of nitriles is 1. The maximum absolute atomic E-state index is 13.1. The van der Waals surface area contributed by atoms with Crippen molar-refractivity contribution in [3.05, 3.63) is 70.0 Å². The van der Waals surface area contributed by atoms with Gasteiger partial charge in [0.15, 0.2) is 0 Å². The van der Waals surface area contributed by atoms with Crippen molar-refractivity contribution in [3.63, 3.8) is 0 Å². The van der Waals surface area contributed by atoms with Gasteiger partial charge in [0, 0.05) is 5.56 Å². The highest BCUT2D eigenvalue weighted by Gasteiger charge is 2.30. The Kier molecular flexibility index (Phi) is 5.03. The van der Waals surface area contributed by atoms with Gasteiger partial charge in [0.25, 0.3) is 0 Å². The number of fused-ring (bicyclic) bond motifs is 2. The van der Waals surface area contributed by atoms with Gasteiger partial charge in [0.1, 0.15) is 23.1 Å². The van der Waals surface area contributed by atoms with Crippen LogP contribution in [0.4, 0.5) is 0 Å². The van der Waals surface area contributed by atoms with Crippen LogP contribution < -0.4 is 9.47 Å². The third-order valence-electron chi connectivity index (χ3n) is 4.42. The summed E-state index contributed by atoms with van der Waals surface area (Å²) in [5.74, 6) is 1.10. The van der Waals surface area contributed by atoms with E-state index in [0.29, 0.717) is 21.3 Å². The highest BCUT2D eigenvalue weighted by molar-refractivity contribution is 8.24. The Morgan fingerprint density at radius 2 is 1.50 bits per heavy atom. The molecule has 0 spiro atoms. The van der Waals surface area contributed by atoms with Gasteiger partial charge in [-0.05, 0) is 29.0 Å². The minimum Gasteiger partial charge on any atom is -0.496 e. The molecular formula is C22H15NO3S2. The van der Waals surface area contributed by atoms with Crippen molar-refractivity contribution in [2.24, 2.45) is 0 Å². The summed E-state index contributed by atoms with van der Waals surface area (Å²) in [5, 5.41) is 11.8. The zero-order chi connectivity index (χ0) is 19.7. The highest BCUT2D eigenvalue weighted by atomic mass is 32.2. The van der Waals surface area contributed by atoms with E-state index in [1.165, 1.54) is 23.5 Å². The summed E-state index contributed by atoms with van der Waals surface area (Å²) in [6.07, 6.45) is 0. The van der Waals surface area contributed by atoms with Gasteiger partial charge in [0.2, 0.25) is 5.78 Å². The third kappa shape index (κ3) is 3.13. The Bertz CT molecular complexity index is 1140. The molecule has 0 bridgehead atoms. The molecule has 3 aromatic carbocycles. The average Bonchev–Trinajstić information content (AvgIpc) is 3.18. The van der Waals surface area contributed by atoms with Crippen molar-refractivity contribution in [3.8, 4) is 17.6 Å². The van der Waals surface area contributed by atoms with E-state index in [1.807, 2.05) is 48.5 Å². The van der Waals surface area contributed by atoms with Crippen molar-refractivity contribution >= 4 is 40.1 Å². The SMILES string of the molecule is COc1ccc(OC)c2c1SC(=C(C#N)C(=O)c1ccc3ccccc3c1)S2. The van der Waals surface area contributed by atoms with E-state index in [1.54, 1.807) is 20.3 Å². The molecule has 0 saturated heterocycles. The van der Waals surface area contributed by atoms with E-state index in [4.69, 9.17) is 9.47 Å². The van der Waals surface area contributed by atoms with Crippen LogP contribution in [0.3, 0.4) is 0 Å². The topological polar surface area (TPSA) is 59.3 Å². The number of benzene rings is 3. The predicted octanol–water partition coefficient (Wildman–Crippen LogP) is 5.67. The maximum Gasteiger partial charge on any atom is 0.205 e. The lowest BCUT2D eigenvalue weighted by atomic mass is 10.0. The van der Waals surface area contributed by atoms with Gasteiger partial charge < -0.3 is 9.47 Å². The first-order valence-corrected chi connectivity index (χ1v) is 10.1. The van der Waals surface area contributed by atoms with Gasteiger partial charge in [-0.3, -0.25) is 4.79 Å². The van der Waals surface area contributed by atoms with Gasteiger partial charge in [-0.2, -0.15) is 5.26 Å². The number of rotatable bonds is 4. The first-order valence-electron chi connectivity index (χ1n) is 8.45. The maximum atomic E-state index is 13.1. The number of nitrogens with zero attached hydrogens (tertiary/aromatic N) is 1. The van der Waals surface area contributed by atoms with Gasteiger partial charge in [-0.15, -0.1) is 0 Å². The van der Waals surface area contributed by atoms with Crippen molar-refractivity contribution in [1.29, 1.82) is 5.26 Å². The molecule has 6 heteroatoms. The van der Waals surface area contributed by atoms with Gasteiger partial charge >= 0.3 is 0 Å². The van der Waals surface area contributed by atoms with Gasteiger partial charge in [-0.1, -0.05) is 59.9 Å². The third-order valence-corrected chi connectivity index (χ3v) is 7.05. The summed E-state index contributed by atoms with van der Waals surface area (Å²) >= 11 is 2.74. The van der Waals surface area contributed by atoms with Crippen LogP contribution in [0.15, 0.2) is 74.2 Å². The summed E-state index contributed by atoms with van der Waals surface area (Å²) in [7, 11) is 3.20. The molecule has 0 saturated carbocycles. The summed E-state index contributed by atoms with van der Waals surface area (Å²) in [5.41, 5.74) is 0.629. The standard InChI is InChI=1S/C22H15NO3S2/c1-25-17-9-10-18(26-2)21-20(17)27-22(28-21)16(12-23)19(24)15-8-7-13-5-3-4-6-14(13)11-15/h3-11H,1-2H3. The predicted molar refractivity (Wildman–Crippen MR) is 112 cm³/mol. The molecule has 0 fully saturated rings. The zero-order valence-corrected chi connectivity index (χ0v) is 16.8. The van der Waals surface area contributed by atoms with Crippen LogP contribution in [0.1, 0.15) is 10.4 Å². The molecule has 138 valence electrons. The van der Waals surface area contributed by atoms with Crippen LogP contribution in [0.5, 0.6) is 11.5 Å². The van der Waals surface area contributed by atoms with Crippen LogP contribution in [-0.2, 0) is 0 Å². The Labute approximate surface area is 171 Å². The number of hydrogen-bond donors (Lipinski definition) is 0. The lowest BCUT2D eigenvalue weighted by Crippen LogP contribution is -2.03. The van der Waals surface area contributed by atoms with Crippen molar-refractivity contribution in [1.82, 2.24) is 0 Å². The molecule has 0 radical (unpaired) electrons. The second-order valence-corrected chi connectivity index (χ2v) is 8.30. The molecule has 0 unspecified atom stereocenters. The molecule has 1 heterocycles. The normalized spacial score (nSPS) is 12.4. The Morgan fingerprint density at radius 1 is 0.893 bits per heavy atom. The molecule has 4 nitrogen and oxygen atoms in total. The molecule has 3 aromatic rings.